The molecule has 3 nitrogen and oxygen atoms in total. The van der Waals surface area contributed by atoms with E-state index in [4.69, 9.17) is 9.84 Å². The van der Waals surface area contributed by atoms with E-state index in [1.54, 1.807) is 19.3 Å². The van der Waals surface area contributed by atoms with Gasteiger partial charge >= 0.3 is 5.97 Å². The van der Waals surface area contributed by atoms with Crippen molar-refractivity contribution in [3.63, 3.8) is 0 Å². The van der Waals surface area contributed by atoms with E-state index in [1.165, 1.54) is 0 Å². The predicted molar refractivity (Wildman–Crippen MR) is 62.0 cm³/mol. The van der Waals surface area contributed by atoms with Gasteiger partial charge in [0.2, 0.25) is 0 Å². The second-order valence-corrected chi connectivity index (χ2v) is 3.80. The summed E-state index contributed by atoms with van der Waals surface area (Å²) < 4.78 is 6.08. The summed E-state index contributed by atoms with van der Waals surface area (Å²) in [4.78, 5) is 10.3. The Bertz CT molecular complexity index is 385. The molecule has 0 radical (unpaired) electrons. The summed E-state index contributed by atoms with van der Waals surface area (Å²) in [5.41, 5.74) is 0.863. The van der Waals surface area contributed by atoms with Crippen LogP contribution in [0.4, 0.5) is 0 Å². The Morgan fingerprint density at radius 3 is 2.93 bits per heavy atom. The van der Waals surface area contributed by atoms with Gasteiger partial charge in [0, 0.05) is 10.0 Å². The number of methoxy groups -OCH3 is 1. The Kier molecular flexibility index (Phi) is 4.37. The molecule has 0 unspecified atom stereocenters. The molecule has 0 aliphatic carbocycles. The smallest absolute Gasteiger partial charge is 0.307 e. The van der Waals surface area contributed by atoms with Gasteiger partial charge in [-0.15, -0.1) is 0 Å². The number of aliphatic carboxylic acids is 1. The maximum absolute atomic E-state index is 10.3. The quantitative estimate of drug-likeness (QED) is 0.915. The van der Waals surface area contributed by atoms with Crippen molar-refractivity contribution < 1.29 is 14.6 Å². The van der Waals surface area contributed by atoms with Crippen molar-refractivity contribution >= 4 is 28.0 Å². The first-order chi connectivity index (χ1) is 7.13. The Labute approximate surface area is 96.5 Å². The zero-order chi connectivity index (χ0) is 11.3. The van der Waals surface area contributed by atoms with Gasteiger partial charge < -0.3 is 9.84 Å². The van der Waals surface area contributed by atoms with Gasteiger partial charge in [-0.2, -0.15) is 0 Å². The van der Waals surface area contributed by atoms with E-state index in [0.29, 0.717) is 5.75 Å². The topological polar surface area (TPSA) is 46.5 Å². The number of rotatable bonds is 4. The molecule has 80 valence electrons. The number of carbonyl (C=O) groups is 1. The summed E-state index contributed by atoms with van der Waals surface area (Å²) in [6.07, 6.45) is 3.34. The van der Waals surface area contributed by atoms with E-state index in [9.17, 15) is 4.79 Å². The molecule has 1 N–H and O–H groups in total. The fourth-order valence-electron chi connectivity index (χ4n) is 1.11. The van der Waals surface area contributed by atoms with Gasteiger partial charge in [-0.25, -0.2) is 0 Å². The maximum Gasteiger partial charge on any atom is 0.307 e. The number of hydrogen-bond donors (Lipinski definition) is 1. The van der Waals surface area contributed by atoms with Crippen LogP contribution in [0.15, 0.2) is 28.7 Å². The number of hydrogen-bond acceptors (Lipinski definition) is 2. The Morgan fingerprint density at radius 2 is 2.33 bits per heavy atom. The third-order valence-electron chi connectivity index (χ3n) is 1.79. The standard InChI is InChI=1S/C11H11BrO3/c1-15-10-7-9(12)6-5-8(10)3-2-4-11(13)14/h2-3,5-7H,4H2,1H3,(H,13,14). The van der Waals surface area contributed by atoms with Crippen LogP contribution >= 0.6 is 15.9 Å². The number of ether oxygens (including phenoxy) is 1. The second kappa shape index (κ2) is 5.56. The summed E-state index contributed by atoms with van der Waals surface area (Å²) in [6.45, 7) is 0. The molecule has 1 rings (SSSR count). The van der Waals surface area contributed by atoms with Crippen LogP contribution in [0.2, 0.25) is 0 Å². The molecule has 0 fully saturated rings. The first-order valence-corrected chi connectivity index (χ1v) is 5.14. The van der Waals surface area contributed by atoms with Crippen LogP contribution in [-0.2, 0) is 4.79 Å². The Hall–Kier alpha value is -1.29. The molecule has 15 heavy (non-hydrogen) atoms. The molecule has 4 heteroatoms. The number of carboxylic acids is 1. The molecule has 0 aliphatic heterocycles. The minimum absolute atomic E-state index is 0.0131. The second-order valence-electron chi connectivity index (χ2n) is 2.89. The Balaban J connectivity index is 2.84. The summed E-state index contributed by atoms with van der Waals surface area (Å²) in [6, 6.07) is 5.57. The van der Waals surface area contributed by atoms with Crippen LogP contribution in [0.25, 0.3) is 6.08 Å². The van der Waals surface area contributed by atoms with Crippen LogP contribution in [0.5, 0.6) is 5.75 Å². The summed E-state index contributed by atoms with van der Waals surface area (Å²) >= 11 is 3.33. The van der Waals surface area contributed by atoms with Crippen molar-refractivity contribution in [2.24, 2.45) is 0 Å². The molecule has 0 amide bonds. The van der Waals surface area contributed by atoms with Gasteiger partial charge in [0.1, 0.15) is 5.75 Å². The number of carboxylic acid groups (broad SMARTS) is 1. The van der Waals surface area contributed by atoms with E-state index >= 15 is 0 Å². The third kappa shape index (κ3) is 3.75. The van der Waals surface area contributed by atoms with Crippen molar-refractivity contribution in [2.45, 2.75) is 6.42 Å². The molecule has 0 saturated carbocycles. The molecule has 0 spiro atoms. The third-order valence-corrected chi connectivity index (χ3v) is 2.28. The van der Waals surface area contributed by atoms with E-state index in [2.05, 4.69) is 15.9 Å². The molecule has 0 atom stereocenters. The molecular formula is C11H11BrO3. The van der Waals surface area contributed by atoms with E-state index in [1.807, 2.05) is 18.2 Å². The van der Waals surface area contributed by atoms with Gasteiger partial charge in [-0.05, 0) is 12.1 Å². The summed E-state index contributed by atoms with van der Waals surface area (Å²) in [5, 5.41) is 8.47. The molecular weight excluding hydrogens is 260 g/mol. The maximum atomic E-state index is 10.3. The molecule has 1 aromatic rings. The predicted octanol–water partition coefficient (Wildman–Crippen LogP) is 2.95. The number of benzene rings is 1. The minimum Gasteiger partial charge on any atom is -0.496 e. The molecule has 1 aromatic carbocycles. The lowest BCUT2D eigenvalue weighted by molar-refractivity contribution is -0.135. The van der Waals surface area contributed by atoms with E-state index in [-0.39, 0.29) is 6.42 Å². The minimum atomic E-state index is -0.845. The van der Waals surface area contributed by atoms with Crippen molar-refractivity contribution in [1.29, 1.82) is 0 Å². The van der Waals surface area contributed by atoms with Gasteiger partial charge in [-0.3, -0.25) is 4.79 Å². The van der Waals surface area contributed by atoms with Crippen molar-refractivity contribution in [1.82, 2.24) is 0 Å². The highest BCUT2D eigenvalue weighted by atomic mass is 79.9. The van der Waals surface area contributed by atoms with Gasteiger partial charge in [0.05, 0.1) is 13.5 Å². The average molecular weight is 271 g/mol. The van der Waals surface area contributed by atoms with Crippen molar-refractivity contribution in [3.8, 4) is 5.75 Å². The summed E-state index contributed by atoms with van der Waals surface area (Å²) in [5.74, 6) is -0.131. The van der Waals surface area contributed by atoms with Gasteiger partial charge in [0.15, 0.2) is 0 Å². The normalized spacial score (nSPS) is 10.5. The fraction of sp³-hybridized carbons (Fsp3) is 0.182. The van der Waals surface area contributed by atoms with Crippen molar-refractivity contribution in [2.75, 3.05) is 7.11 Å². The highest BCUT2D eigenvalue weighted by molar-refractivity contribution is 9.10. The largest absolute Gasteiger partial charge is 0.496 e. The van der Waals surface area contributed by atoms with Crippen LogP contribution in [-0.4, -0.2) is 18.2 Å². The molecule has 0 bridgehead atoms. The van der Waals surface area contributed by atoms with Crippen LogP contribution in [0.3, 0.4) is 0 Å². The first-order valence-electron chi connectivity index (χ1n) is 4.35. The van der Waals surface area contributed by atoms with E-state index in [0.717, 1.165) is 10.0 Å². The Morgan fingerprint density at radius 1 is 1.60 bits per heavy atom. The van der Waals surface area contributed by atoms with Crippen LogP contribution in [0, 0.1) is 0 Å². The molecule has 0 aromatic heterocycles. The van der Waals surface area contributed by atoms with Crippen molar-refractivity contribution in [3.05, 3.63) is 34.3 Å². The monoisotopic (exact) mass is 270 g/mol. The fourth-order valence-corrected chi connectivity index (χ4v) is 1.45. The highest BCUT2D eigenvalue weighted by Crippen LogP contribution is 2.24. The molecule has 0 saturated heterocycles. The highest BCUT2D eigenvalue weighted by Gasteiger charge is 2.00. The first kappa shape index (κ1) is 11.8. The van der Waals surface area contributed by atoms with E-state index < -0.39 is 5.97 Å². The molecule has 0 aliphatic rings. The number of halogens is 1. The lowest BCUT2D eigenvalue weighted by Gasteiger charge is -2.04. The SMILES string of the molecule is COc1cc(Br)ccc1C=CCC(=O)O. The van der Waals surface area contributed by atoms with Crippen LogP contribution in [0.1, 0.15) is 12.0 Å². The van der Waals surface area contributed by atoms with Crippen LogP contribution < -0.4 is 4.74 Å². The zero-order valence-electron chi connectivity index (χ0n) is 8.24. The lowest BCUT2D eigenvalue weighted by Crippen LogP contribution is -1.90. The van der Waals surface area contributed by atoms with Gasteiger partial charge in [0.25, 0.3) is 0 Å². The zero-order valence-corrected chi connectivity index (χ0v) is 9.82. The van der Waals surface area contributed by atoms with Gasteiger partial charge in [-0.1, -0.05) is 34.1 Å². The molecule has 0 heterocycles. The lowest BCUT2D eigenvalue weighted by atomic mass is 10.2. The summed E-state index contributed by atoms with van der Waals surface area (Å²) in [7, 11) is 1.58. The average Bonchev–Trinajstić information content (AvgIpc) is 2.19.